The second-order valence-electron chi connectivity index (χ2n) is 4.79. The molecule has 2 unspecified atom stereocenters. The number of carbonyl (C=O) groups is 2. The van der Waals surface area contributed by atoms with Gasteiger partial charge in [-0.15, -0.1) is 0 Å². The Labute approximate surface area is 120 Å². The smallest absolute Gasteiger partial charge is 0.173 e. The van der Waals surface area contributed by atoms with Crippen molar-refractivity contribution in [3.8, 4) is 0 Å². The minimum Gasteiger partial charge on any atom is -0.550 e. The van der Waals surface area contributed by atoms with E-state index in [-0.39, 0.29) is 19.3 Å². The lowest BCUT2D eigenvalue weighted by atomic mass is 9.93. The molecular formula is C14H24O6-2. The van der Waals surface area contributed by atoms with E-state index in [0.717, 1.165) is 12.8 Å². The highest BCUT2D eigenvalue weighted by molar-refractivity contribution is 5.69. The summed E-state index contributed by atoms with van der Waals surface area (Å²) >= 11 is 0. The predicted molar refractivity (Wildman–Crippen MR) is 68.2 cm³/mol. The van der Waals surface area contributed by atoms with Gasteiger partial charge in [0.2, 0.25) is 0 Å². The van der Waals surface area contributed by atoms with E-state index in [4.69, 9.17) is 9.47 Å². The van der Waals surface area contributed by atoms with Crippen LogP contribution in [0.2, 0.25) is 0 Å². The number of ether oxygens (including phenoxy) is 2. The first-order chi connectivity index (χ1) is 9.37. The Morgan fingerprint density at radius 1 is 1.15 bits per heavy atom. The standard InChI is InChI=1S/C14H26O6/c1-4-6-10-20-14(3,19-5-2)11(13(17)18)8-7-9-12(15)16/h11H,4-10H2,1-3H3,(H,15,16)(H,17,18)/p-2. The van der Waals surface area contributed by atoms with Crippen LogP contribution in [0.15, 0.2) is 0 Å². The van der Waals surface area contributed by atoms with Crippen molar-refractivity contribution in [2.24, 2.45) is 5.92 Å². The van der Waals surface area contributed by atoms with Gasteiger partial charge in [-0.05, 0) is 39.5 Å². The Hall–Kier alpha value is -1.14. The van der Waals surface area contributed by atoms with Gasteiger partial charge < -0.3 is 29.3 Å². The largest absolute Gasteiger partial charge is 0.550 e. The van der Waals surface area contributed by atoms with Gasteiger partial charge in [0.05, 0.1) is 12.5 Å². The first kappa shape index (κ1) is 18.9. The minimum atomic E-state index is -1.30. The second kappa shape index (κ2) is 9.72. The zero-order valence-corrected chi connectivity index (χ0v) is 12.5. The van der Waals surface area contributed by atoms with Crippen molar-refractivity contribution in [2.75, 3.05) is 13.2 Å². The summed E-state index contributed by atoms with van der Waals surface area (Å²) in [5.74, 6) is -4.81. The summed E-state index contributed by atoms with van der Waals surface area (Å²) in [6.45, 7) is 5.99. The molecule has 0 fully saturated rings. The van der Waals surface area contributed by atoms with Gasteiger partial charge in [-0.25, -0.2) is 0 Å². The third-order valence-electron chi connectivity index (χ3n) is 3.11. The first-order valence-corrected chi connectivity index (χ1v) is 7.06. The van der Waals surface area contributed by atoms with Crippen LogP contribution in [-0.2, 0) is 19.1 Å². The van der Waals surface area contributed by atoms with Crippen LogP contribution in [0.3, 0.4) is 0 Å². The number of carboxylic acid groups (broad SMARTS) is 2. The van der Waals surface area contributed by atoms with Crippen LogP contribution in [0.5, 0.6) is 0 Å². The van der Waals surface area contributed by atoms with E-state index in [1.807, 2.05) is 6.92 Å². The number of unbranched alkanes of at least 4 members (excludes halogenated alkanes) is 1. The van der Waals surface area contributed by atoms with Crippen molar-refractivity contribution in [1.82, 2.24) is 0 Å². The summed E-state index contributed by atoms with van der Waals surface area (Å²) in [5.41, 5.74) is 0. The molecule has 0 aromatic carbocycles. The molecule has 6 nitrogen and oxygen atoms in total. The summed E-state index contributed by atoms with van der Waals surface area (Å²) < 4.78 is 11.0. The average Bonchev–Trinajstić information content (AvgIpc) is 2.34. The molecule has 0 amide bonds. The van der Waals surface area contributed by atoms with E-state index in [9.17, 15) is 19.8 Å². The van der Waals surface area contributed by atoms with Crippen LogP contribution in [0, 0.1) is 5.92 Å². The Bertz CT molecular complexity index is 304. The first-order valence-electron chi connectivity index (χ1n) is 7.06. The fraction of sp³-hybridized carbons (Fsp3) is 0.857. The van der Waals surface area contributed by atoms with Gasteiger partial charge >= 0.3 is 0 Å². The fourth-order valence-corrected chi connectivity index (χ4v) is 1.99. The van der Waals surface area contributed by atoms with Crippen LogP contribution < -0.4 is 10.2 Å². The summed E-state index contributed by atoms with van der Waals surface area (Å²) in [6.07, 6.45) is 1.81. The fourth-order valence-electron chi connectivity index (χ4n) is 1.99. The lowest BCUT2D eigenvalue weighted by Gasteiger charge is -2.38. The third-order valence-corrected chi connectivity index (χ3v) is 3.11. The topological polar surface area (TPSA) is 98.7 Å². The van der Waals surface area contributed by atoms with Gasteiger partial charge in [0.1, 0.15) is 0 Å². The number of carboxylic acids is 2. The van der Waals surface area contributed by atoms with Gasteiger partial charge in [0.25, 0.3) is 0 Å². The van der Waals surface area contributed by atoms with Crippen LogP contribution >= 0.6 is 0 Å². The Balaban J connectivity index is 4.73. The zero-order valence-electron chi connectivity index (χ0n) is 12.5. The maximum atomic E-state index is 11.3. The molecule has 0 aromatic heterocycles. The van der Waals surface area contributed by atoms with Crippen molar-refractivity contribution in [3.63, 3.8) is 0 Å². The Morgan fingerprint density at radius 2 is 1.80 bits per heavy atom. The SMILES string of the molecule is CCCCOC(C)(OCC)C(CCCC(=O)[O-])C(=O)[O-]. The zero-order chi connectivity index (χ0) is 15.6. The number of aliphatic carboxylic acids is 2. The molecule has 0 aliphatic rings. The summed E-state index contributed by atoms with van der Waals surface area (Å²) in [5, 5.41) is 21.7. The molecule has 0 radical (unpaired) electrons. The van der Waals surface area contributed by atoms with Gasteiger partial charge in [-0.2, -0.15) is 0 Å². The monoisotopic (exact) mass is 288 g/mol. The highest BCUT2D eigenvalue weighted by Gasteiger charge is 2.36. The lowest BCUT2D eigenvalue weighted by Crippen LogP contribution is -2.50. The van der Waals surface area contributed by atoms with Gasteiger partial charge in [0, 0.05) is 18.5 Å². The summed E-state index contributed by atoms with van der Waals surface area (Å²) in [7, 11) is 0. The molecule has 0 aliphatic heterocycles. The van der Waals surface area contributed by atoms with Crippen molar-refractivity contribution in [3.05, 3.63) is 0 Å². The molecule has 20 heavy (non-hydrogen) atoms. The third kappa shape index (κ3) is 6.86. The highest BCUT2D eigenvalue weighted by atomic mass is 16.7. The molecule has 118 valence electrons. The summed E-state index contributed by atoms with van der Waals surface area (Å²) in [4.78, 5) is 21.7. The number of carbonyl (C=O) groups excluding carboxylic acids is 2. The molecule has 0 aliphatic carbocycles. The van der Waals surface area contributed by atoms with Crippen LogP contribution in [0.4, 0.5) is 0 Å². The van der Waals surface area contributed by atoms with E-state index in [2.05, 4.69) is 0 Å². The summed E-state index contributed by atoms with van der Waals surface area (Å²) in [6, 6.07) is 0. The molecule has 0 rings (SSSR count). The minimum absolute atomic E-state index is 0.110. The van der Waals surface area contributed by atoms with Gasteiger partial charge in [0.15, 0.2) is 5.79 Å². The van der Waals surface area contributed by atoms with Crippen LogP contribution in [0.1, 0.15) is 52.9 Å². The molecule has 0 heterocycles. The number of hydrogen-bond donors (Lipinski definition) is 0. The molecule has 0 saturated carbocycles. The molecule has 0 aromatic rings. The molecule has 0 saturated heterocycles. The van der Waals surface area contributed by atoms with E-state index in [0.29, 0.717) is 13.2 Å². The maximum absolute atomic E-state index is 11.3. The molecule has 0 N–H and O–H groups in total. The number of hydrogen-bond acceptors (Lipinski definition) is 6. The quantitative estimate of drug-likeness (QED) is 0.365. The Kier molecular flexibility index (Phi) is 9.16. The average molecular weight is 288 g/mol. The molecule has 6 heteroatoms. The van der Waals surface area contributed by atoms with Crippen LogP contribution in [0.25, 0.3) is 0 Å². The Morgan fingerprint density at radius 3 is 2.25 bits per heavy atom. The van der Waals surface area contributed by atoms with Crippen LogP contribution in [-0.4, -0.2) is 30.9 Å². The normalized spacial score (nSPS) is 15.6. The van der Waals surface area contributed by atoms with Gasteiger partial charge in [-0.1, -0.05) is 13.3 Å². The highest BCUT2D eigenvalue weighted by Crippen LogP contribution is 2.28. The number of rotatable bonds is 12. The molecular weight excluding hydrogens is 264 g/mol. The predicted octanol–water partition coefficient (Wildman–Crippen LogP) is -0.158. The lowest BCUT2D eigenvalue weighted by molar-refractivity contribution is -0.335. The van der Waals surface area contributed by atoms with E-state index in [1.165, 1.54) is 0 Å². The molecule has 0 bridgehead atoms. The van der Waals surface area contributed by atoms with E-state index in [1.54, 1.807) is 13.8 Å². The van der Waals surface area contributed by atoms with Crippen molar-refractivity contribution >= 4 is 11.9 Å². The van der Waals surface area contributed by atoms with Crippen molar-refractivity contribution in [1.29, 1.82) is 0 Å². The van der Waals surface area contributed by atoms with Crippen molar-refractivity contribution < 1.29 is 29.3 Å². The second-order valence-corrected chi connectivity index (χ2v) is 4.79. The van der Waals surface area contributed by atoms with E-state index >= 15 is 0 Å². The maximum Gasteiger partial charge on any atom is 0.173 e. The van der Waals surface area contributed by atoms with E-state index < -0.39 is 23.6 Å². The van der Waals surface area contributed by atoms with Gasteiger partial charge in [-0.3, -0.25) is 0 Å². The molecule has 0 spiro atoms. The van der Waals surface area contributed by atoms with Crippen molar-refractivity contribution in [2.45, 2.75) is 58.7 Å². The molecule has 2 atom stereocenters.